The van der Waals surface area contributed by atoms with E-state index < -0.39 is 5.82 Å². The normalized spacial score (nSPS) is 14.4. The van der Waals surface area contributed by atoms with Gasteiger partial charge in [-0.3, -0.25) is 9.78 Å². The lowest BCUT2D eigenvalue weighted by Crippen LogP contribution is -2.48. The number of anilines is 1. The maximum Gasteiger partial charge on any atom is 0.246 e. The molecule has 0 saturated carbocycles. The molecule has 1 saturated heterocycles. The highest BCUT2D eigenvalue weighted by Crippen LogP contribution is 2.42. The topological polar surface area (TPSA) is 49.3 Å². The molecule has 0 bridgehead atoms. The molecular formula is C23H18ClFN4OS. The van der Waals surface area contributed by atoms with Crippen LogP contribution in [0.15, 0.2) is 55.4 Å². The summed E-state index contributed by atoms with van der Waals surface area (Å²) in [6, 6.07) is 9.38. The molecule has 0 atom stereocenters. The molecule has 0 spiro atoms. The Hall–Kier alpha value is -3.03. The lowest BCUT2D eigenvalue weighted by molar-refractivity contribution is -0.126. The van der Waals surface area contributed by atoms with Crippen LogP contribution in [0, 0.1) is 5.82 Å². The zero-order chi connectivity index (χ0) is 21.5. The van der Waals surface area contributed by atoms with Crippen molar-refractivity contribution in [2.45, 2.75) is 0 Å². The molecule has 0 unspecified atom stereocenters. The first-order chi connectivity index (χ1) is 15.1. The van der Waals surface area contributed by atoms with Crippen LogP contribution in [-0.2, 0) is 4.79 Å². The van der Waals surface area contributed by atoms with Crippen molar-refractivity contribution in [1.82, 2.24) is 14.3 Å². The van der Waals surface area contributed by atoms with Crippen LogP contribution in [0.2, 0.25) is 5.02 Å². The second-order valence-electron chi connectivity index (χ2n) is 7.35. The van der Waals surface area contributed by atoms with Gasteiger partial charge in [-0.15, -0.1) is 0 Å². The first-order valence-corrected chi connectivity index (χ1v) is 11.0. The third-order valence-corrected chi connectivity index (χ3v) is 6.88. The number of aromatic nitrogens is 2. The predicted octanol–water partition coefficient (Wildman–Crippen LogP) is 5.14. The summed E-state index contributed by atoms with van der Waals surface area (Å²) < 4.78 is 20.1. The van der Waals surface area contributed by atoms with E-state index in [0.717, 1.165) is 15.8 Å². The quantitative estimate of drug-likeness (QED) is 0.404. The molecule has 156 valence electrons. The van der Waals surface area contributed by atoms with Crippen LogP contribution in [0.1, 0.15) is 0 Å². The third kappa shape index (κ3) is 3.34. The maximum absolute atomic E-state index is 15.7. The number of halogens is 2. The summed E-state index contributed by atoms with van der Waals surface area (Å²) in [5.41, 5.74) is 1.34. The summed E-state index contributed by atoms with van der Waals surface area (Å²) in [4.78, 5) is 19.9. The Balaban J connectivity index is 1.56. The molecule has 2 aromatic carbocycles. The molecule has 31 heavy (non-hydrogen) atoms. The molecule has 8 heteroatoms. The molecule has 1 amide bonds. The van der Waals surface area contributed by atoms with Crippen LogP contribution in [0.4, 0.5) is 9.39 Å². The second-order valence-corrected chi connectivity index (χ2v) is 8.51. The van der Waals surface area contributed by atoms with Gasteiger partial charge in [0.2, 0.25) is 5.91 Å². The van der Waals surface area contributed by atoms with Gasteiger partial charge in [-0.25, -0.2) is 4.39 Å². The minimum Gasteiger partial charge on any atom is -0.358 e. The Morgan fingerprint density at radius 3 is 2.77 bits per heavy atom. The third-order valence-electron chi connectivity index (χ3n) is 5.65. The van der Waals surface area contributed by atoms with Gasteiger partial charge in [0.25, 0.3) is 0 Å². The molecule has 5 rings (SSSR count). The van der Waals surface area contributed by atoms with E-state index in [0.29, 0.717) is 53.2 Å². The van der Waals surface area contributed by atoms with Crippen LogP contribution in [0.3, 0.4) is 0 Å². The summed E-state index contributed by atoms with van der Waals surface area (Å²) in [6.45, 7) is 6.01. The lowest BCUT2D eigenvalue weighted by atomic mass is 9.98. The van der Waals surface area contributed by atoms with Gasteiger partial charge < -0.3 is 9.80 Å². The molecule has 0 N–H and O–H groups in total. The second kappa shape index (κ2) is 7.90. The Kier molecular flexibility index (Phi) is 5.08. The number of carbonyl (C=O) groups excluding carboxylic acids is 1. The SMILES string of the molecule is C=CC(=O)N1CCN(c2snc3c(F)c(-c4cccc5ccncc45)c(Cl)cc23)CC1. The van der Waals surface area contributed by atoms with Gasteiger partial charge in [0.05, 0.1) is 5.02 Å². The summed E-state index contributed by atoms with van der Waals surface area (Å²) >= 11 is 7.89. The number of carbonyl (C=O) groups is 1. The molecule has 0 radical (unpaired) electrons. The minimum atomic E-state index is -0.429. The summed E-state index contributed by atoms with van der Waals surface area (Å²) in [7, 11) is 0. The zero-order valence-electron chi connectivity index (χ0n) is 16.5. The van der Waals surface area contributed by atoms with Gasteiger partial charge in [0.15, 0.2) is 5.82 Å². The molecule has 1 fully saturated rings. The molecule has 2 aromatic heterocycles. The van der Waals surface area contributed by atoms with Crippen LogP contribution >= 0.6 is 23.1 Å². The van der Waals surface area contributed by atoms with Gasteiger partial charge in [0.1, 0.15) is 10.5 Å². The minimum absolute atomic E-state index is 0.0721. The van der Waals surface area contributed by atoms with Crippen molar-refractivity contribution < 1.29 is 9.18 Å². The fourth-order valence-corrected chi connectivity index (χ4v) is 5.27. The molecule has 1 aliphatic rings. The average molecular weight is 453 g/mol. The van der Waals surface area contributed by atoms with E-state index in [2.05, 4.69) is 20.8 Å². The largest absolute Gasteiger partial charge is 0.358 e. The number of amides is 1. The highest BCUT2D eigenvalue weighted by atomic mass is 35.5. The molecule has 3 heterocycles. The van der Waals surface area contributed by atoms with Crippen LogP contribution in [0.5, 0.6) is 0 Å². The molecule has 4 aromatic rings. The van der Waals surface area contributed by atoms with E-state index in [4.69, 9.17) is 11.6 Å². The number of piperazine rings is 1. The Labute approximate surface area is 187 Å². The van der Waals surface area contributed by atoms with Crippen molar-refractivity contribution >= 4 is 55.7 Å². The molecule has 1 aliphatic heterocycles. The number of hydrogen-bond donors (Lipinski definition) is 0. The summed E-state index contributed by atoms with van der Waals surface area (Å²) in [5, 5.41) is 3.70. The van der Waals surface area contributed by atoms with Crippen LogP contribution in [0.25, 0.3) is 32.8 Å². The predicted molar refractivity (Wildman–Crippen MR) is 124 cm³/mol. The zero-order valence-corrected chi connectivity index (χ0v) is 18.1. The van der Waals surface area contributed by atoms with Crippen molar-refractivity contribution in [2.75, 3.05) is 31.1 Å². The average Bonchev–Trinajstić information content (AvgIpc) is 3.23. The number of fused-ring (bicyclic) bond motifs is 2. The number of hydrogen-bond acceptors (Lipinski definition) is 5. The number of benzene rings is 2. The van der Waals surface area contributed by atoms with Crippen molar-refractivity contribution in [2.24, 2.45) is 0 Å². The van der Waals surface area contributed by atoms with Gasteiger partial charge in [0, 0.05) is 54.9 Å². The van der Waals surface area contributed by atoms with E-state index in [1.807, 2.05) is 24.3 Å². The number of pyridine rings is 1. The Morgan fingerprint density at radius 1 is 1.19 bits per heavy atom. The van der Waals surface area contributed by atoms with Crippen LogP contribution in [-0.4, -0.2) is 46.3 Å². The van der Waals surface area contributed by atoms with E-state index in [1.54, 1.807) is 23.4 Å². The van der Waals surface area contributed by atoms with Gasteiger partial charge >= 0.3 is 0 Å². The highest BCUT2D eigenvalue weighted by Gasteiger charge is 2.25. The molecular weight excluding hydrogens is 435 g/mol. The maximum atomic E-state index is 15.7. The van der Waals surface area contributed by atoms with E-state index in [9.17, 15) is 4.79 Å². The number of rotatable bonds is 3. The summed E-state index contributed by atoms with van der Waals surface area (Å²) in [6.07, 6.45) is 4.76. The van der Waals surface area contributed by atoms with Gasteiger partial charge in [-0.1, -0.05) is 36.4 Å². The monoisotopic (exact) mass is 452 g/mol. The number of nitrogens with zero attached hydrogens (tertiary/aromatic N) is 4. The van der Waals surface area contributed by atoms with Crippen molar-refractivity contribution in [3.63, 3.8) is 0 Å². The van der Waals surface area contributed by atoms with Gasteiger partial charge in [-0.2, -0.15) is 4.37 Å². The Bertz CT molecular complexity index is 1320. The van der Waals surface area contributed by atoms with Crippen molar-refractivity contribution in [3.05, 3.63) is 66.2 Å². The van der Waals surface area contributed by atoms with Crippen molar-refractivity contribution in [3.8, 4) is 11.1 Å². The first kappa shape index (κ1) is 19.9. The smallest absolute Gasteiger partial charge is 0.246 e. The van der Waals surface area contributed by atoms with Crippen molar-refractivity contribution in [1.29, 1.82) is 0 Å². The molecule has 0 aliphatic carbocycles. The lowest BCUT2D eigenvalue weighted by Gasteiger charge is -2.34. The van der Waals surface area contributed by atoms with E-state index in [-0.39, 0.29) is 5.91 Å². The fourth-order valence-electron chi connectivity index (χ4n) is 4.06. The standard InChI is InChI=1S/C23H18ClFN4OS/c1-2-19(30)28-8-10-29(11-9-28)23-16-12-18(24)20(21(25)22(16)27-31-23)15-5-3-4-14-6-7-26-13-17(14)15/h2-7,12-13H,1,8-11H2. The van der Waals surface area contributed by atoms with Gasteiger partial charge in [-0.05, 0) is 40.7 Å². The van der Waals surface area contributed by atoms with Crippen LogP contribution < -0.4 is 4.90 Å². The Morgan fingerprint density at radius 2 is 2.00 bits per heavy atom. The molecule has 5 nitrogen and oxygen atoms in total. The van der Waals surface area contributed by atoms with E-state index >= 15 is 4.39 Å². The highest BCUT2D eigenvalue weighted by molar-refractivity contribution is 7.11. The first-order valence-electron chi connectivity index (χ1n) is 9.85. The fraction of sp³-hybridized carbons (Fsp3) is 0.174. The van der Waals surface area contributed by atoms with E-state index in [1.165, 1.54) is 17.6 Å². The summed E-state index contributed by atoms with van der Waals surface area (Å²) in [5.74, 6) is -0.501.